The number of carbonyl (C=O) groups excluding carboxylic acids is 5. The van der Waals surface area contributed by atoms with Crippen LogP contribution in [0.4, 0.5) is 19.5 Å². The number of nitrogens with two attached hydrogens (primary N) is 1. The molecule has 2 atom stereocenters. The van der Waals surface area contributed by atoms with Crippen molar-refractivity contribution in [1.29, 1.82) is 0 Å². The van der Waals surface area contributed by atoms with Crippen molar-refractivity contribution in [3.8, 4) is 0 Å². The molecule has 0 aromatic carbocycles. The minimum Gasteiger partial charge on any atom is -0.478 e. The Hall–Kier alpha value is -6.16. The third-order valence-electron chi connectivity index (χ3n) is 8.46. The second-order valence-corrected chi connectivity index (χ2v) is 19.7. The molecule has 2 aliphatic rings. The van der Waals surface area contributed by atoms with E-state index in [0.717, 1.165) is 21.0 Å². The van der Waals surface area contributed by atoms with Crippen LogP contribution < -0.4 is 21.7 Å². The van der Waals surface area contributed by atoms with Crippen molar-refractivity contribution in [2.75, 3.05) is 18.8 Å². The highest BCUT2D eigenvalue weighted by atomic mass is 32.2. The van der Waals surface area contributed by atoms with E-state index in [-0.39, 0.29) is 71.4 Å². The minimum atomic E-state index is -5.19. The number of oxime groups is 1. The number of β-lactam (4-membered cyclic amide) rings is 1. The summed E-state index contributed by atoms with van der Waals surface area (Å²) in [4.78, 5) is 92.6. The number of thiazole rings is 1. The van der Waals surface area contributed by atoms with Crippen LogP contribution in [0.15, 0.2) is 15.5 Å². The van der Waals surface area contributed by atoms with E-state index in [1.807, 2.05) is 0 Å². The van der Waals surface area contributed by atoms with Gasteiger partial charge in [-0.25, -0.2) is 33.4 Å². The largest absolute Gasteiger partial charge is 0.478 e. The summed E-state index contributed by atoms with van der Waals surface area (Å²) in [6, 6.07) is -3.14. The van der Waals surface area contributed by atoms with Crippen LogP contribution in [0.1, 0.15) is 98.7 Å². The molecule has 2 fully saturated rings. The Bertz CT molecular complexity index is 2290. The van der Waals surface area contributed by atoms with Gasteiger partial charge in [0.05, 0.1) is 18.8 Å². The predicted octanol–water partition coefficient (Wildman–Crippen LogP) is 1.69. The van der Waals surface area contributed by atoms with E-state index < -0.39 is 93.1 Å². The van der Waals surface area contributed by atoms with E-state index in [0.29, 0.717) is 0 Å². The molecule has 0 bridgehead atoms. The van der Waals surface area contributed by atoms with Crippen LogP contribution >= 0.6 is 11.3 Å². The molecule has 7 N–H and O–H groups in total. The van der Waals surface area contributed by atoms with E-state index >= 15 is 0 Å². The fourth-order valence-electron chi connectivity index (χ4n) is 5.49. The zero-order chi connectivity index (χ0) is 48.2. The van der Waals surface area contributed by atoms with Crippen LogP contribution in [-0.4, -0.2) is 143 Å². The van der Waals surface area contributed by atoms with Gasteiger partial charge in [0.1, 0.15) is 40.3 Å². The number of carboxylic acid groups (broad SMARTS) is 1. The van der Waals surface area contributed by atoms with Gasteiger partial charge in [-0.3, -0.25) is 14.1 Å². The van der Waals surface area contributed by atoms with Crippen LogP contribution in [-0.2, 0) is 56.8 Å². The minimum absolute atomic E-state index is 0.0174. The average molecular weight is 943 g/mol. The van der Waals surface area contributed by atoms with Gasteiger partial charge in [0, 0.05) is 31.3 Å². The van der Waals surface area contributed by atoms with Gasteiger partial charge in [-0.2, -0.15) is 23.4 Å². The molecule has 1 saturated carbocycles. The van der Waals surface area contributed by atoms with E-state index in [2.05, 4.69) is 41.3 Å². The molecule has 28 heteroatoms. The van der Waals surface area contributed by atoms with Gasteiger partial charge < -0.3 is 45.8 Å². The van der Waals surface area contributed by atoms with Gasteiger partial charge in [-0.15, -0.1) is 16.3 Å². The fourth-order valence-corrected chi connectivity index (χ4v) is 6.91. The SMILES string of the molecule is Cc1nn(C[C@H]2[C@H](NC(=O)C(=NOC3(C(=O)O)CC3)c3csc(N)n3)C(=O)N2S(=O)(=O)O)nc1CN/C(=N\C(=O)OC(C)(C)C)N(CCCNC(=O)OC(C)(C)C)C(=O)OC(C)(C)C. The quantitative estimate of drug-likeness (QED) is 0.0281. The first-order valence-electron chi connectivity index (χ1n) is 19.6. The molecule has 5 amide bonds. The molecule has 1 aliphatic carbocycles. The molecule has 3 heterocycles. The maximum Gasteiger partial charge on any atom is 0.437 e. The summed E-state index contributed by atoms with van der Waals surface area (Å²) in [6.07, 6.45) is -2.34. The molecule has 64 heavy (non-hydrogen) atoms. The number of aromatic nitrogens is 4. The van der Waals surface area contributed by atoms with Crippen molar-refractivity contribution in [3.05, 3.63) is 22.5 Å². The number of hydrogen-bond donors (Lipinski definition) is 6. The number of aryl methyl sites for hydroxylation is 1. The molecule has 0 radical (unpaired) electrons. The van der Waals surface area contributed by atoms with E-state index in [9.17, 15) is 46.8 Å². The molecular formula is C36H54N12O14S2. The summed E-state index contributed by atoms with van der Waals surface area (Å²) in [5.41, 5.74) is 1.03. The number of alkyl carbamates (subject to hydrolysis) is 1. The lowest BCUT2D eigenvalue weighted by Crippen LogP contribution is -2.73. The van der Waals surface area contributed by atoms with Crippen LogP contribution in [0.2, 0.25) is 0 Å². The molecule has 26 nitrogen and oxygen atoms in total. The zero-order valence-electron chi connectivity index (χ0n) is 36.9. The predicted molar refractivity (Wildman–Crippen MR) is 225 cm³/mol. The fraction of sp³-hybridized carbons (Fsp3) is 0.639. The monoisotopic (exact) mass is 942 g/mol. The average Bonchev–Trinajstić information content (AvgIpc) is 3.67. The number of carboxylic acids is 1. The number of carbonyl (C=O) groups is 6. The number of nitrogen functional groups attached to an aromatic ring is 1. The first-order valence-corrected chi connectivity index (χ1v) is 21.9. The molecule has 0 unspecified atom stereocenters. The van der Waals surface area contributed by atoms with E-state index in [1.54, 1.807) is 62.3 Å². The zero-order valence-corrected chi connectivity index (χ0v) is 38.6. The normalized spacial score (nSPS) is 17.7. The Morgan fingerprint density at radius 3 is 2.16 bits per heavy atom. The summed E-state index contributed by atoms with van der Waals surface area (Å²) < 4.78 is 51.0. The lowest BCUT2D eigenvalue weighted by molar-refractivity contribution is -0.153. The standard InChI is InChI=1S/C36H54N12O14S2/c1-19-20(16-39-29(42-31(54)60-34(5,6)7)46(32(55)61-35(8,9)10)15-11-14-38-30(53)59-33(2,3)4)44-47(43-19)17-22-24(26(50)48(22)64(56,57)58)41-25(49)23(21-18-63-28(37)40-21)45-62-36(12-13-36)27(51)52/h18,22,24H,11-17H2,1-10H3,(H2,37,40)(H,38,53)(H,41,49)(H,51,52)(H,39,42,54)(H,56,57,58)/t22-,24-/m0/s1. The summed E-state index contributed by atoms with van der Waals surface area (Å²) in [5, 5.41) is 31.1. The second kappa shape index (κ2) is 19.3. The summed E-state index contributed by atoms with van der Waals surface area (Å²) in [6.45, 7) is 15.4. The van der Waals surface area contributed by atoms with Gasteiger partial charge in [-0.1, -0.05) is 5.16 Å². The van der Waals surface area contributed by atoms with Crippen LogP contribution in [0, 0.1) is 6.92 Å². The van der Waals surface area contributed by atoms with Gasteiger partial charge >= 0.3 is 34.6 Å². The molecule has 1 aliphatic heterocycles. The smallest absolute Gasteiger partial charge is 0.437 e. The van der Waals surface area contributed by atoms with Crippen LogP contribution in [0.3, 0.4) is 0 Å². The molecule has 0 spiro atoms. The Morgan fingerprint density at radius 2 is 1.62 bits per heavy atom. The number of aliphatic carboxylic acids is 1. The van der Waals surface area contributed by atoms with Gasteiger partial charge in [0.25, 0.3) is 11.8 Å². The highest BCUT2D eigenvalue weighted by Gasteiger charge is 2.56. The molecule has 4 rings (SSSR count). The number of amides is 5. The third kappa shape index (κ3) is 14.2. The lowest BCUT2D eigenvalue weighted by atomic mass is 9.98. The summed E-state index contributed by atoms with van der Waals surface area (Å²) in [7, 11) is -5.19. The Labute approximate surface area is 372 Å². The van der Waals surface area contributed by atoms with E-state index in [1.165, 1.54) is 12.3 Å². The number of ether oxygens (including phenoxy) is 3. The number of nitrogens with zero attached hydrogens (tertiary/aromatic N) is 8. The van der Waals surface area contributed by atoms with Crippen molar-refractivity contribution in [1.82, 2.24) is 45.1 Å². The van der Waals surface area contributed by atoms with Gasteiger partial charge in [0.15, 0.2) is 10.8 Å². The maximum absolute atomic E-state index is 13.6. The number of anilines is 1. The lowest BCUT2D eigenvalue weighted by Gasteiger charge is -2.43. The first-order chi connectivity index (χ1) is 29.4. The molecule has 2 aromatic heterocycles. The van der Waals surface area contributed by atoms with Crippen LogP contribution in [0.25, 0.3) is 0 Å². The van der Waals surface area contributed by atoms with Crippen molar-refractivity contribution < 1.29 is 65.9 Å². The number of aliphatic imine (C=N–C) groups is 1. The van der Waals surface area contributed by atoms with Gasteiger partial charge in [0.2, 0.25) is 11.6 Å². The molecule has 2 aromatic rings. The first kappa shape index (κ1) is 50.5. The topological polar surface area (TPSA) is 351 Å². The van der Waals surface area contributed by atoms with Crippen LogP contribution in [0.5, 0.6) is 0 Å². The third-order valence-corrected chi connectivity index (χ3v) is 10.1. The van der Waals surface area contributed by atoms with Crippen molar-refractivity contribution >= 4 is 74.5 Å². The molecular weight excluding hydrogens is 889 g/mol. The van der Waals surface area contributed by atoms with Gasteiger partial charge in [-0.05, 0) is 75.7 Å². The molecule has 354 valence electrons. The summed E-state index contributed by atoms with van der Waals surface area (Å²) >= 11 is 0.924. The number of guanidine groups is 1. The Kier molecular flexibility index (Phi) is 15.2. The van der Waals surface area contributed by atoms with Crippen molar-refractivity contribution in [2.24, 2.45) is 10.1 Å². The maximum atomic E-state index is 13.6. The van der Waals surface area contributed by atoms with Crippen molar-refractivity contribution in [3.63, 3.8) is 0 Å². The highest BCUT2D eigenvalue weighted by molar-refractivity contribution is 7.84. The number of rotatable bonds is 15. The second-order valence-electron chi connectivity index (χ2n) is 17.5. The Morgan fingerprint density at radius 1 is 1.00 bits per heavy atom. The highest BCUT2D eigenvalue weighted by Crippen LogP contribution is 2.40. The number of hydrogen-bond acceptors (Lipinski definition) is 18. The molecule has 1 saturated heterocycles. The number of nitrogens with one attached hydrogen (secondary N) is 3. The summed E-state index contributed by atoms with van der Waals surface area (Å²) in [5.74, 6) is -4.01. The van der Waals surface area contributed by atoms with E-state index in [4.69, 9.17) is 24.8 Å². The van der Waals surface area contributed by atoms with Crippen molar-refractivity contribution in [2.45, 2.75) is 136 Å². The Balaban J connectivity index is 1.59.